The molecule has 2 rings (SSSR count). The van der Waals surface area contributed by atoms with Crippen molar-refractivity contribution in [1.82, 2.24) is 10.2 Å². The Bertz CT molecular complexity index is 448. The highest BCUT2D eigenvalue weighted by atomic mass is 19.4. The number of nitrogens with one attached hydrogen (secondary N) is 1. The van der Waals surface area contributed by atoms with E-state index < -0.39 is 12.1 Å². The van der Waals surface area contributed by atoms with E-state index in [9.17, 15) is 13.2 Å². The van der Waals surface area contributed by atoms with E-state index in [1.807, 2.05) is 24.8 Å². The molecule has 1 N–H and O–H groups in total. The molecule has 3 nitrogen and oxygen atoms in total. The molecule has 0 atom stereocenters. The third kappa shape index (κ3) is 4.48. The van der Waals surface area contributed by atoms with E-state index in [1.165, 1.54) is 0 Å². The number of nitrogens with zero attached hydrogens (tertiary/aromatic N) is 1. The molecule has 1 aliphatic rings. The van der Waals surface area contributed by atoms with Gasteiger partial charge in [0.05, 0.1) is 12.5 Å². The number of alkyl halides is 3. The van der Waals surface area contributed by atoms with Crippen LogP contribution in [0.25, 0.3) is 0 Å². The fourth-order valence-electron chi connectivity index (χ4n) is 2.74. The molecule has 1 aromatic heterocycles. The SMILES string of the molecule is CCNCc1cc(CN2CCC(C(F)(F)F)CC2)oc1C. The number of furan rings is 1. The second-order valence-electron chi connectivity index (χ2n) is 5.67. The van der Waals surface area contributed by atoms with Gasteiger partial charge in [-0.05, 0) is 45.5 Å². The second kappa shape index (κ2) is 6.83. The molecule has 120 valence electrons. The number of piperidine rings is 1. The van der Waals surface area contributed by atoms with Crippen LogP contribution in [-0.4, -0.2) is 30.7 Å². The first kappa shape index (κ1) is 16.4. The Morgan fingerprint density at radius 1 is 1.33 bits per heavy atom. The molecule has 0 aliphatic carbocycles. The Morgan fingerprint density at radius 3 is 2.57 bits per heavy atom. The van der Waals surface area contributed by atoms with Crippen LogP contribution in [0.5, 0.6) is 0 Å². The molecule has 1 saturated heterocycles. The summed E-state index contributed by atoms with van der Waals surface area (Å²) in [6, 6.07) is 2.01. The molecule has 1 aliphatic heterocycles. The van der Waals surface area contributed by atoms with Crippen molar-refractivity contribution in [2.24, 2.45) is 5.92 Å². The summed E-state index contributed by atoms with van der Waals surface area (Å²) in [7, 11) is 0. The number of likely N-dealkylation sites (tertiary alicyclic amines) is 1. The minimum Gasteiger partial charge on any atom is -0.465 e. The summed E-state index contributed by atoms with van der Waals surface area (Å²) in [5.74, 6) is 0.582. The van der Waals surface area contributed by atoms with Crippen LogP contribution in [0.4, 0.5) is 13.2 Å². The van der Waals surface area contributed by atoms with E-state index in [4.69, 9.17) is 4.42 Å². The molecule has 0 spiro atoms. The monoisotopic (exact) mass is 304 g/mol. The van der Waals surface area contributed by atoms with Crippen LogP contribution in [0.2, 0.25) is 0 Å². The molecule has 21 heavy (non-hydrogen) atoms. The second-order valence-corrected chi connectivity index (χ2v) is 5.67. The highest BCUT2D eigenvalue weighted by molar-refractivity contribution is 5.20. The molecular formula is C15H23F3N2O. The molecule has 0 unspecified atom stereocenters. The first-order chi connectivity index (χ1) is 9.90. The maximum absolute atomic E-state index is 12.6. The Labute approximate surface area is 123 Å². The molecule has 0 saturated carbocycles. The van der Waals surface area contributed by atoms with Crippen molar-refractivity contribution in [1.29, 1.82) is 0 Å². The van der Waals surface area contributed by atoms with Crippen LogP contribution >= 0.6 is 0 Å². The zero-order valence-corrected chi connectivity index (χ0v) is 12.6. The van der Waals surface area contributed by atoms with Gasteiger partial charge in [0.1, 0.15) is 11.5 Å². The summed E-state index contributed by atoms with van der Waals surface area (Å²) in [5, 5.41) is 3.25. The predicted molar refractivity (Wildman–Crippen MR) is 74.9 cm³/mol. The van der Waals surface area contributed by atoms with Crippen LogP contribution in [-0.2, 0) is 13.1 Å². The quantitative estimate of drug-likeness (QED) is 0.903. The van der Waals surface area contributed by atoms with Crippen molar-refractivity contribution < 1.29 is 17.6 Å². The van der Waals surface area contributed by atoms with Gasteiger partial charge < -0.3 is 9.73 Å². The standard InChI is InChI=1S/C15H23F3N2O/c1-3-19-9-12-8-14(21-11(12)2)10-20-6-4-13(5-7-20)15(16,17)18/h8,13,19H,3-7,9-10H2,1-2H3. The van der Waals surface area contributed by atoms with Crippen molar-refractivity contribution in [3.63, 3.8) is 0 Å². The van der Waals surface area contributed by atoms with Crippen LogP contribution in [0.15, 0.2) is 10.5 Å². The van der Waals surface area contributed by atoms with Crippen molar-refractivity contribution in [2.45, 2.75) is 46.0 Å². The fraction of sp³-hybridized carbons (Fsp3) is 0.733. The number of hydrogen-bond acceptors (Lipinski definition) is 3. The normalized spacial score (nSPS) is 18.3. The molecule has 6 heteroatoms. The lowest BCUT2D eigenvalue weighted by Crippen LogP contribution is -2.38. The summed E-state index contributed by atoms with van der Waals surface area (Å²) in [5.41, 5.74) is 1.12. The van der Waals surface area contributed by atoms with E-state index in [0.29, 0.717) is 19.6 Å². The lowest BCUT2D eigenvalue weighted by molar-refractivity contribution is -0.185. The molecule has 0 radical (unpaired) electrons. The molecule has 2 heterocycles. The van der Waals surface area contributed by atoms with Crippen molar-refractivity contribution in [3.05, 3.63) is 23.2 Å². The Kier molecular flexibility index (Phi) is 5.32. The first-order valence-corrected chi connectivity index (χ1v) is 7.48. The zero-order valence-electron chi connectivity index (χ0n) is 12.6. The van der Waals surface area contributed by atoms with Crippen LogP contribution in [0.3, 0.4) is 0 Å². The van der Waals surface area contributed by atoms with Crippen molar-refractivity contribution in [3.8, 4) is 0 Å². The van der Waals surface area contributed by atoms with Gasteiger partial charge >= 0.3 is 6.18 Å². The predicted octanol–water partition coefficient (Wildman–Crippen LogP) is 3.47. The van der Waals surface area contributed by atoms with Crippen LogP contribution in [0, 0.1) is 12.8 Å². The number of hydrogen-bond donors (Lipinski definition) is 1. The Morgan fingerprint density at radius 2 is 2.00 bits per heavy atom. The summed E-state index contributed by atoms with van der Waals surface area (Å²) in [6.07, 6.45) is -3.67. The average molecular weight is 304 g/mol. The van der Waals surface area contributed by atoms with E-state index in [1.54, 1.807) is 0 Å². The third-order valence-electron chi connectivity index (χ3n) is 4.07. The van der Waals surface area contributed by atoms with E-state index in [0.717, 1.165) is 30.2 Å². The summed E-state index contributed by atoms with van der Waals surface area (Å²) in [6.45, 7) is 7.18. The number of halogens is 3. The Balaban J connectivity index is 1.86. The largest absolute Gasteiger partial charge is 0.465 e. The molecule has 1 aromatic rings. The summed E-state index contributed by atoms with van der Waals surface area (Å²) < 4.78 is 43.6. The van der Waals surface area contributed by atoms with Crippen molar-refractivity contribution >= 4 is 0 Å². The number of aryl methyl sites for hydroxylation is 1. The molecule has 0 bridgehead atoms. The third-order valence-corrected chi connectivity index (χ3v) is 4.07. The van der Waals surface area contributed by atoms with E-state index in [-0.39, 0.29) is 12.8 Å². The van der Waals surface area contributed by atoms with E-state index in [2.05, 4.69) is 5.32 Å². The van der Waals surface area contributed by atoms with Gasteiger partial charge in [-0.15, -0.1) is 0 Å². The van der Waals surface area contributed by atoms with Gasteiger partial charge in [0.25, 0.3) is 0 Å². The summed E-state index contributed by atoms with van der Waals surface area (Å²) in [4.78, 5) is 2.04. The minimum absolute atomic E-state index is 0.188. The lowest BCUT2D eigenvalue weighted by atomic mass is 9.96. The molecule has 1 fully saturated rings. The Hall–Kier alpha value is -1.01. The maximum Gasteiger partial charge on any atom is 0.391 e. The maximum atomic E-state index is 12.6. The zero-order chi connectivity index (χ0) is 15.5. The van der Waals surface area contributed by atoms with Gasteiger partial charge in [-0.2, -0.15) is 13.2 Å². The molecular weight excluding hydrogens is 281 g/mol. The van der Waals surface area contributed by atoms with Gasteiger partial charge in [-0.25, -0.2) is 0 Å². The van der Waals surface area contributed by atoms with Gasteiger partial charge in [0.2, 0.25) is 0 Å². The molecule has 0 amide bonds. The van der Waals surface area contributed by atoms with Gasteiger partial charge in [0, 0.05) is 12.1 Å². The highest BCUT2D eigenvalue weighted by Crippen LogP contribution is 2.34. The minimum atomic E-state index is -4.05. The lowest BCUT2D eigenvalue weighted by Gasteiger charge is -2.32. The molecule has 0 aromatic carbocycles. The van der Waals surface area contributed by atoms with E-state index >= 15 is 0 Å². The highest BCUT2D eigenvalue weighted by Gasteiger charge is 2.41. The summed E-state index contributed by atoms with van der Waals surface area (Å²) >= 11 is 0. The van der Waals surface area contributed by atoms with Gasteiger partial charge in [-0.1, -0.05) is 6.92 Å². The average Bonchev–Trinajstić information content (AvgIpc) is 2.76. The van der Waals surface area contributed by atoms with Gasteiger partial charge in [-0.3, -0.25) is 4.90 Å². The smallest absolute Gasteiger partial charge is 0.391 e. The topological polar surface area (TPSA) is 28.4 Å². The fourth-order valence-corrected chi connectivity index (χ4v) is 2.74. The van der Waals surface area contributed by atoms with Crippen molar-refractivity contribution in [2.75, 3.05) is 19.6 Å². The van der Waals surface area contributed by atoms with Crippen LogP contribution < -0.4 is 5.32 Å². The van der Waals surface area contributed by atoms with Gasteiger partial charge in [0.15, 0.2) is 0 Å². The first-order valence-electron chi connectivity index (χ1n) is 7.48. The number of rotatable bonds is 5. The van der Waals surface area contributed by atoms with Crippen LogP contribution in [0.1, 0.15) is 36.8 Å².